The van der Waals surface area contributed by atoms with Crippen molar-refractivity contribution in [2.45, 2.75) is 79.2 Å². The van der Waals surface area contributed by atoms with Crippen molar-refractivity contribution in [2.75, 3.05) is 19.8 Å². The Hall–Kier alpha value is -4.14. The van der Waals surface area contributed by atoms with E-state index in [0.717, 1.165) is 72.8 Å². The maximum Gasteiger partial charge on any atom is 0.342 e. The van der Waals surface area contributed by atoms with E-state index in [-0.39, 0.29) is 17.5 Å². The van der Waals surface area contributed by atoms with Gasteiger partial charge in [0.2, 0.25) is 5.88 Å². The van der Waals surface area contributed by atoms with Gasteiger partial charge in [0.1, 0.15) is 17.9 Å². The SMILES string of the molecule is CCc1c(-c2cccc(C)c2OCc2ccc3c(c2C)CCN(C2CCOC2)C3)cccc1-n1ncc(C(=O)O)c1OC(C)C. The first kappa shape index (κ1) is 30.9. The number of para-hydroxylation sites is 1. The molecule has 0 bridgehead atoms. The second kappa shape index (κ2) is 13.1. The van der Waals surface area contributed by atoms with Crippen LogP contribution < -0.4 is 9.47 Å². The second-order valence-corrected chi connectivity index (χ2v) is 12.4. The predicted octanol–water partition coefficient (Wildman–Crippen LogP) is 6.93. The van der Waals surface area contributed by atoms with Crippen LogP contribution in [0.1, 0.15) is 70.9 Å². The van der Waals surface area contributed by atoms with Crippen molar-refractivity contribution >= 4 is 5.97 Å². The van der Waals surface area contributed by atoms with E-state index in [9.17, 15) is 9.90 Å². The van der Waals surface area contributed by atoms with Gasteiger partial charge in [-0.25, -0.2) is 9.48 Å². The van der Waals surface area contributed by atoms with Crippen molar-refractivity contribution in [1.29, 1.82) is 0 Å². The maximum absolute atomic E-state index is 12.0. The molecule has 0 amide bonds. The van der Waals surface area contributed by atoms with Crippen molar-refractivity contribution in [3.8, 4) is 28.4 Å². The average molecular weight is 610 g/mol. The Balaban J connectivity index is 1.31. The molecule has 6 rings (SSSR count). The fraction of sp³-hybridized carbons (Fsp3) is 0.405. The van der Waals surface area contributed by atoms with Crippen LogP contribution in [0.5, 0.6) is 11.6 Å². The molecule has 8 nitrogen and oxygen atoms in total. The van der Waals surface area contributed by atoms with Gasteiger partial charge in [0, 0.05) is 31.3 Å². The summed E-state index contributed by atoms with van der Waals surface area (Å²) >= 11 is 0. The van der Waals surface area contributed by atoms with Crippen LogP contribution in [-0.4, -0.2) is 57.7 Å². The number of aryl methyl sites for hydroxylation is 1. The van der Waals surface area contributed by atoms with Crippen LogP contribution in [0.4, 0.5) is 0 Å². The number of aromatic carboxylic acids is 1. The summed E-state index contributed by atoms with van der Waals surface area (Å²) in [6.45, 7) is 14.4. The monoisotopic (exact) mass is 609 g/mol. The predicted molar refractivity (Wildman–Crippen MR) is 175 cm³/mol. The fourth-order valence-electron chi connectivity index (χ4n) is 6.78. The van der Waals surface area contributed by atoms with Gasteiger partial charge < -0.3 is 19.3 Å². The summed E-state index contributed by atoms with van der Waals surface area (Å²) in [7, 11) is 0. The lowest BCUT2D eigenvalue weighted by Gasteiger charge is -2.34. The van der Waals surface area contributed by atoms with Crippen LogP contribution in [-0.2, 0) is 30.7 Å². The molecule has 2 aliphatic heterocycles. The standard InChI is InChI=1S/C37H43N3O5/c1-6-29-31(10-8-12-34(29)40-36(45-23(2)3)33(19-38-40)37(41)42)32-11-7-9-24(4)35(32)44-21-27-14-13-26-20-39(28-16-18-43-22-28)17-15-30(26)25(27)5/h7-14,19,23,28H,6,15-18,20-22H2,1-5H3,(H,41,42). The molecule has 0 spiro atoms. The topological polar surface area (TPSA) is 86.1 Å². The number of nitrogens with zero attached hydrogens (tertiary/aromatic N) is 3. The van der Waals surface area contributed by atoms with Crippen LogP contribution in [0.3, 0.4) is 0 Å². The molecule has 1 N–H and O–H groups in total. The third kappa shape index (κ3) is 6.09. The zero-order chi connectivity index (χ0) is 31.7. The van der Waals surface area contributed by atoms with Crippen molar-refractivity contribution < 1.29 is 24.1 Å². The molecule has 1 unspecified atom stereocenters. The van der Waals surface area contributed by atoms with Gasteiger partial charge in [0.05, 0.1) is 24.6 Å². The smallest absolute Gasteiger partial charge is 0.342 e. The lowest BCUT2D eigenvalue weighted by molar-refractivity contribution is 0.0690. The Labute approximate surface area is 265 Å². The molecule has 2 aliphatic rings. The molecule has 0 saturated carbocycles. The van der Waals surface area contributed by atoms with Gasteiger partial charge in [-0.1, -0.05) is 49.4 Å². The molecule has 1 aromatic heterocycles. The highest BCUT2D eigenvalue weighted by Crippen LogP contribution is 2.39. The van der Waals surface area contributed by atoms with Gasteiger partial charge in [-0.3, -0.25) is 4.90 Å². The van der Waals surface area contributed by atoms with E-state index in [4.69, 9.17) is 14.2 Å². The summed E-state index contributed by atoms with van der Waals surface area (Å²) in [6, 6.07) is 17.3. The van der Waals surface area contributed by atoms with E-state index in [2.05, 4.69) is 67.2 Å². The Morgan fingerprint density at radius 2 is 1.91 bits per heavy atom. The molecular weight excluding hydrogens is 566 g/mol. The fourth-order valence-corrected chi connectivity index (χ4v) is 6.78. The number of carboxylic acids is 1. The van der Waals surface area contributed by atoms with Gasteiger partial charge in [0.25, 0.3) is 0 Å². The van der Waals surface area contributed by atoms with Crippen molar-refractivity contribution in [3.05, 3.63) is 93.7 Å². The summed E-state index contributed by atoms with van der Waals surface area (Å²) in [5.41, 5.74) is 10.3. The zero-order valence-electron chi connectivity index (χ0n) is 26.9. The van der Waals surface area contributed by atoms with E-state index in [1.807, 2.05) is 26.0 Å². The van der Waals surface area contributed by atoms with E-state index in [1.165, 1.54) is 28.5 Å². The number of hydrogen-bond donors (Lipinski definition) is 1. The molecule has 236 valence electrons. The number of rotatable bonds is 10. The third-order valence-electron chi connectivity index (χ3n) is 9.16. The second-order valence-electron chi connectivity index (χ2n) is 12.4. The first-order valence-corrected chi connectivity index (χ1v) is 16.0. The number of hydrogen-bond acceptors (Lipinski definition) is 6. The minimum Gasteiger partial charge on any atom is -0.488 e. The van der Waals surface area contributed by atoms with Crippen LogP contribution in [0.2, 0.25) is 0 Å². The third-order valence-corrected chi connectivity index (χ3v) is 9.16. The van der Waals surface area contributed by atoms with Crippen molar-refractivity contribution in [3.63, 3.8) is 0 Å². The van der Waals surface area contributed by atoms with Gasteiger partial charge in [-0.15, -0.1) is 0 Å². The molecule has 3 aromatic carbocycles. The number of aromatic nitrogens is 2. The molecule has 0 aliphatic carbocycles. The minimum absolute atomic E-state index is 0.0383. The summed E-state index contributed by atoms with van der Waals surface area (Å²) in [5, 5.41) is 14.3. The molecule has 1 fully saturated rings. The molecule has 4 aromatic rings. The van der Waals surface area contributed by atoms with Crippen LogP contribution >= 0.6 is 0 Å². The zero-order valence-corrected chi connectivity index (χ0v) is 26.9. The van der Waals surface area contributed by atoms with E-state index >= 15 is 0 Å². The average Bonchev–Trinajstić information content (AvgIpc) is 3.71. The Bertz CT molecular complexity index is 1700. The quantitative estimate of drug-likeness (QED) is 0.209. The molecule has 1 atom stereocenters. The largest absolute Gasteiger partial charge is 0.488 e. The molecule has 1 saturated heterocycles. The number of carboxylic acid groups (broad SMARTS) is 1. The lowest BCUT2D eigenvalue weighted by atomic mass is 9.91. The lowest BCUT2D eigenvalue weighted by Crippen LogP contribution is -2.39. The molecule has 8 heteroatoms. The van der Waals surface area contributed by atoms with Crippen molar-refractivity contribution in [1.82, 2.24) is 14.7 Å². The molecule has 45 heavy (non-hydrogen) atoms. The maximum atomic E-state index is 12.0. The van der Waals surface area contributed by atoms with E-state index < -0.39 is 5.97 Å². The Morgan fingerprint density at radius 3 is 2.64 bits per heavy atom. The Kier molecular flexibility index (Phi) is 8.97. The molecular formula is C37H43N3O5. The number of fused-ring (bicyclic) bond motifs is 1. The van der Waals surface area contributed by atoms with Gasteiger partial charge in [-0.05, 0) is 92.0 Å². The van der Waals surface area contributed by atoms with Crippen LogP contribution in [0.15, 0.2) is 54.7 Å². The summed E-state index contributed by atoms with van der Waals surface area (Å²) in [5.74, 6) is 0.00514. The first-order chi connectivity index (χ1) is 21.8. The number of ether oxygens (including phenoxy) is 3. The highest BCUT2D eigenvalue weighted by atomic mass is 16.5. The summed E-state index contributed by atoms with van der Waals surface area (Å²) in [4.78, 5) is 14.6. The van der Waals surface area contributed by atoms with Gasteiger partial charge in [-0.2, -0.15) is 5.10 Å². The summed E-state index contributed by atoms with van der Waals surface area (Å²) in [6.07, 6.45) is 4.02. The highest BCUT2D eigenvalue weighted by Gasteiger charge is 2.28. The molecule has 3 heterocycles. The van der Waals surface area contributed by atoms with Gasteiger partial charge in [0.15, 0.2) is 0 Å². The first-order valence-electron chi connectivity index (χ1n) is 16.0. The summed E-state index contributed by atoms with van der Waals surface area (Å²) < 4.78 is 19.9. The van der Waals surface area contributed by atoms with Crippen LogP contribution in [0, 0.1) is 13.8 Å². The normalized spacial score (nSPS) is 16.6. The minimum atomic E-state index is -1.07. The van der Waals surface area contributed by atoms with Crippen LogP contribution in [0.25, 0.3) is 16.8 Å². The van der Waals surface area contributed by atoms with E-state index in [0.29, 0.717) is 19.1 Å². The van der Waals surface area contributed by atoms with E-state index in [1.54, 1.807) is 4.68 Å². The molecule has 0 radical (unpaired) electrons. The van der Waals surface area contributed by atoms with Crippen molar-refractivity contribution in [2.24, 2.45) is 0 Å². The highest BCUT2D eigenvalue weighted by molar-refractivity contribution is 5.90. The number of carbonyl (C=O) groups is 1. The Morgan fingerprint density at radius 1 is 1.11 bits per heavy atom. The van der Waals surface area contributed by atoms with Gasteiger partial charge >= 0.3 is 5.97 Å². The number of benzene rings is 3.